The summed E-state index contributed by atoms with van der Waals surface area (Å²) in [6.45, 7) is 3.89. The average molecular weight is 280 g/mol. The molecule has 0 saturated heterocycles. The van der Waals surface area contributed by atoms with Crippen LogP contribution >= 0.6 is 15.9 Å². The van der Waals surface area contributed by atoms with Crippen LogP contribution in [0.3, 0.4) is 0 Å². The van der Waals surface area contributed by atoms with Crippen LogP contribution in [0.2, 0.25) is 0 Å². The molecule has 1 saturated carbocycles. The van der Waals surface area contributed by atoms with Crippen molar-refractivity contribution in [1.29, 1.82) is 0 Å². The van der Waals surface area contributed by atoms with Crippen LogP contribution in [-0.2, 0) is 0 Å². The van der Waals surface area contributed by atoms with Gasteiger partial charge in [0, 0.05) is 12.0 Å². The Morgan fingerprint density at radius 3 is 2.75 bits per heavy atom. The topological polar surface area (TPSA) is 37.8 Å². The molecule has 1 aromatic rings. The molecule has 0 aromatic carbocycles. The van der Waals surface area contributed by atoms with Crippen molar-refractivity contribution in [3.8, 4) is 12.3 Å². The normalized spacial score (nSPS) is 15.6. The summed E-state index contributed by atoms with van der Waals surface area (Å²) in [5, 5.41) is 3.21. The van der Waals surface area contributed by atoms with E-state index in [1.807, 2.05) is 19.9 Å². The van der Waals surface area contributed by atoms with Crippen molar-refractivity contribution in [3.05, 3.63) is 16.5 Å². The number of aromatic nitrogens is 2. The summed E-state index contributed by atoms with van der Waals surface area (Å²) in [7, 11) is 0. The van der Waals surface area contributed by atoms with E-state index in [0.717, 1.165) is 16.2 Å². The van der Waals surface area contributed by atoms with Crippen LogP contribution in [-0.4, -0.2) is 15.5 Å². The van der Waals surface area contributed by atoms with E-state index in [9.17, 15) is 0 Å². The Bertz CT molecular complexity index is 444. The van der Waals surface area contributed by atoms with Crippen molar-refractivity contribution in [2.75, 3.05) is 5.32 Å². The van der Waals surface area contributed by atoms with Gasteiger partial charge in [0.25, 0.3) is 0 Å². The minimum absolute atomic E-state index is 0.394. The zero-order chi connectivity index (χ0) is 11.8. The predicted octanol–water partition coefficient (Wildman–Crippen LogP) is 2.94. The zero-order valence-corrected chi connectivity index (χ0v) is 11.0. The first-order valence-corrected chi connectivity index (χ1v) is 6.10. The molecule has 1 N–H and O–H groups in total. The summed E-state index contributed by atoms with van der Waals surface area (Å²) in [4.78, 5) is 8.85. The molecule has 2 rings (SSSR count). The first kappa shape index (κ1) is 11.4. The van der Waals surface area contributed by atoms with Gasteiger partial charge in [0.05, 0.1) is 5.54 Å². The third kappa shape index (κ3) is 2.73. The van der Waals surface area contributed by atoms with Crippen LogP contribution in [0.15, 0.2) is 10.7 Å². The van der Waals surface area contributed by atoms with Crippen molar-refractivity contribution in [2.45, 2.75) is 38.1 Å². The molecular formula is C12H14BrN3. The number of nitrogens with one attached hydrogen (secondary N) is 1. The first-order chi connectivity index (χ1) is 7.50. The maximum Gasteiger partial charge on any atom is 0.135 e. The van der Waals surface area contributed by atoms with E-state index in [1.165, 1.54) is 12.8 Å². The molecule has 0 atom stereocenters. The summed E-state index contributed by atoms with van der Waals surface area (Å²) in [6, 6.07) is 1.85. The molecule has 84 valence electrons. The largest absolute Gasteiger partial charge is 0.354 e. The monoisotopic (exact) mass is 279 g/mol. The van der Waals surface area contributed by atoms with E-state index in [-0.39, 0.29) is 0 Å². The van der Waals surface area contributed by atoms with E-state index in [4.69, 9.17) is 6.42 Å². The van der Waals surface area contributed by atoms with E-state index in [2.05, 4.69) is 37.1 Å². The average Bonchev–Trinajstić information content (AvgIpc) is 2.99. The van der Waals surface area contributed by atoms with Gasteiger partial charge in [-0.1, -0.05) is 5.92 Å². The minimum atomic E-state index is -0.394. The van der Waals surface area contributed by atoms with Crippen LogP contribution in [0.25, 0.3) is 0 Å². The molecule has 1 aliphatic carbocycles. The molecule has 0 spiro atoms. The van der Waals surface area contributed by atoms with Gasteiger partial charge in [-0.25, -0.2) is 9.97 Å². The highest BCUT2D eigenvalue weighted by atomic mass is 79.9. The Kier molecular flexibility index (Phi) is 2.90. The molecule has 1 fully saturated rings. The molecule has 0 amide bonds. The molecule has 0 aliphatic heterocycles. The van der Waals surface area contributed by atoms with Crippen molar-refractivity contribution >= 4 is 21.7 Å². The fourth-order valence-electron chi connectivity index (χ4n) is 1.38. The maximum atomic E-state index is 5.43. The van der Waals surface area contributed by atoms with Gasteiger partial charge < -0.3 is 5.32 Å². The van der Waals surface area contributed by atoms with E-state index in [1.54, 1.807) is 0 Å². The fraction of sp³-hybridized carbons (Fsp3) is 0.500. The van der Waals surface area contributed by atoms with Gasteiger partial charge in [0.15, 0.2) is 0 Å². The minimum Gasteiger partial charge on any atom is -0.354 e. The van der Waals surface area contributed by atoms with Gasteiger partial charge in [0.1, 0.15) is 16.2 Å². The van der Waals surface area contributed by atoms with Gasteiger partial charge in [-0.15, -0.1) is 6.42 Å². The Morgan fingerprint density at radius 1 is 1.50 bits per heavy atom. The summed E-state index contributed by atoms with van der Waals surface area (Å²) < 4.78 is 0.805. The highest BCUT2D eigenvalue weighted by Gasteiger charge is 2.27. The quantitative estimate of drug-likeness (QED) is 0.683. The van der Waals surface area contributed by atoms with Gasteiger partial charge in [-0.05, 0) is 42.6 Å². The number of halogens is 1. The second-order valence-electron chi connectivity index (χ2n) is 4.60. The second kappa shape index (κ2) is 4.06. The third-order valence-electron chi connectivity index (χ3n) is 2.46. The van der Waals surface area contributed by atoms with Crippen molar-refractivity contribution in [3.63, 3.8) is 0 Å². The van der Waals surface area contributed by atoms with Crippen LogP contribution in [0.1, 0.15) is 38.4 Å². The molecule has 1 aromatic heterocycles. The lowest BCUT2D eigenvalue weighted by molar-refractivity contribution is 0.731. The number of anilines is 1. The Balaban J connectivity index is 2.24. The first-order valence-electron chi connectivity index (χ1n) is 5.30. The summed E-state index contributed by atoms with van der Waals surface area (Å²) in [5.74, 6) is 4.91. The van der Waals surface area contributed by atoms with Gasteiger partial charge >= 0.3 is 0 Å². The number of terminal acetylenes is 1. The Morgan fingerprint density at radius 2 is 2.19 bits per heavy atom. The summed E-state index contributed by atoms with van der Waals surface area (Å²) in [5.41, 5.74) is -0.394. The van der Waals surface area contributed by atoms with Gasteiger partial charge in [-0.2, -0.15) is 0 Å². The molecule has 16 heavy (non-hydrogen) atoms. The molecule has 0 bridgehead atoms. The van der Waals surface area contributed by atoms with Crippen LogP contribution < -0.4 is 5.32 Å². The zero-order valence-electron chi connectivity index (χ0n) is 9.42. The molecule has 0 unspecified atom stereocenters. The number of hydrogen-bond acceptors (Lipinski definition) is 3. The van der Waals surface area contributed by atoms with E-state index in [0.29, 0.717) is 5.92 Å². The lowest BCUT2D eigenvalue weighted by atomic mass is 10.1. The second-order valence-corrected chi connectivity index (χ2v) is 5.42. The molecule has 4 heteroatoms. The van der Waals surface area contributed by atoms with E-state index < -0.39 is 5.54 Å². The number of rotatable bonds is 3. The van der Waals surface area contributed by atoms with Gasteiger partial charge in [-0.3, -0.25) is 0 Å². The fourth-order valence-corrected chi connectivity index (χ4v) is 1.78. The van der Waals surface area contributed by atoms with Crippen LogP contribution in [0.4, 0.5) is 5.82 Å². The van der Waals surface area contributed by atoms with Crippen molar-refractivity contribution < 1.29 is 0 Å². The SMILES string of the molecule is C#CC(C)(C)Nc1cc(Br)nc(C2CC2)n1. The summed E-state index contributed by atoms with van der Waals surface area (Å²) in [6.07, 6.45) is 7.81. The molecule has 1 aliphatic rings. The lowest BCUT2D eigenvalue weighted by Gasteiger charge is -2.20. The van der Waals surface area contributed by atoms with Crippen LogP contribution in [0, 0.1) is 12.3 Å². The molecule has 3 nitrogen and oxygen atoms in total. The Labute approximate surface area is 104 Å². The maximum absolute atomic E-state index is 5.43. The smallest absolute Gasteiger partial charge is 0.135 e. The molecular weight excluding hydrogens is 266 g/mol. The number of nitrogens with zero attached hydrogens (tertiary/aromatic N) is 2. The van der Waals surface area contributed by atoms with Crippen molar-refractivity contribution in [2.24, 2.45) is 0 Å². The molecule has 0 radical (unpaired) electrons. The molecule has 1 heterocycles. The van der Waals surface area contributed by atoms with E-state index >= 15 is 0 Å². The lowest BCUT2D eigenvalue weighted by Crippen LogP contribution is -2.29. The standard InChI is InChI=1S/C12H14BrN3/c1-4-12(2,3)16-10-7-9(13)14-11(15-10)8-5-6-8/h1,7-8H,5-6H2,2-3H3,(H,14,15,16). The number of hydrogen-bond donors (Lipinski definition) is 1. The van der Waals surface area contributed by atoms with Gasteiger partial charge in [0.2, 0.25) is 0 Å². The highest BCUT2D eigenvalue weighted by Crippen LogP contribution is 2.38. The third-order valence-corrected chi connectivity index (χ3v) is 2.86. The van der Waals surface area contributed by atoms with Crippen molar-refractivity contribution in [1.82, 2.24) is 9.97 Å². The highest BCUT2D eigenvalue weighted by molar-refractivity contribution is 9.10. The Hall–Kier alpha value is -1.08. The van der Waals surface area contributed by atoms with Crippen LogP contribution in [0.5, 0.6) is 0 Å². The summed E-state index contributed by atoms with van der Waals surface area (Å²) >= 11 is 3.40. The predicted molar refractivity (Wildman–Crippen MR) is 68.2 cm³/mol.